The molecule has 0 saturated carbocycles. The van der Waals surface area contributed by atoms with Crippen LogP contribution in [0.5, 0.6) is 0 Å². The molecule has 0 aromatic carbocycles. The lowest BCUT2D eigenvalue weighted by molar-refractivity contribution is 0.205. The first-order valence-corrected chi connectivity index (χ1v) is 11.1. The number of fused-ring (bicyclic) bond motifs is 1. The van der Waals surface area contributed by atoms with E-state index in [0.717, 1.165) is 63.2 Å². The third-order valence-corrected chi connectivity index (χ3v) is 6.79. The molecule has 2 aliphatic rings. The molecule has 2 aliphatic heterocycles. The average Bonchev–Trinajstić information content (AvgIpc) is 3.21. The van der Waals surface area contributed by atoms with Crippen molar-refractivity contribution in [3.8, 4) is 0 Å². The fourth-order valence-corrected chi connectivity index (χ4v) is 5.23. The molecule has 5 heterocycles. The topological polar surface area (TPSA) is 69.9 Å². The van der Waals surface area contributed by atoms with Gasteiger partial charge in [-0.2, -0.15) is 4.52 Å². The molecule has 152 valence electrons. The van der Waals surface area contributed by atoms with Crippen LogP contribution < -0.4 is 15.4 Å². The molecule has 0 spiro atoms. The molecule has 5 rings (SSSR count). The Labute approximate surface area is 173 Å². The van der Waals surface area contributed by atoms with Crippen molar-refractivity contribution >= 4 is 27.2 Å². The highest BCUT2D eigenvalue weighted by atomic mass is 32.1. The molecule has 8 nitrogen and oxygen atoms in total. The SMILES string of the molecule is O=c1ccnc2sc(N3CCCC(CN4CCN(c5ccccn5)CC4)C3)nn12. The molecule has 3 aromatic heterocycles. The molecule has 2 fully saturated rings. The molecule has 0 radical (unpaired) electrons. The highest BCUT2D eigenvalue weighted by molar-refractivity contribution is 7.20. The highest BCUT2D eigenvalue weighted by Gasteiger charge is 2.26. The van der Waals surface area contributed by atoms with Crippen LogP contribution in [0, 0.1) is 5.92 Å². The summed E-state index contributed by atoms with van der Waals surface area (Å²) in [4.78, 5) is 28.7. The minimum atomic E-state index is -0.114. The molecule has 3 aromatic rings. The van der Waals surface area contributed by atoms with Crippen molar-refractivity contribution in [2.45, 2.75) is 12.8 Å². The second-order valence-corrected chi connectivity index (χ2v) is 8.73. The lowest BCUT2D eigenvalue weighted by Crippen LogP contribution is -2.50. The van der Waals surface area contributed by atoms with Gasteiger partial charge < -0.3 is 9.80 Å². The molecule has 1 atom stereocenters. The lowest BCUT2D eigenvalue weighted by atomic mass is 9.97. The van der Waals surface area contributed by atoms with Gasteiger partial charge in [0, 0.05) is 64.3 Å². The average molecular weight is 412 g/mol. The second-order valence-electron chi connectivity index (χ2n) is 7.79. The second kappa shape index (κ2) is 8.08. The summed E-state index contributed by atoms with van der Waals surface area (Å²) in [5, 5.41) is 5.43. The Morgan fingerprint density at radius 3 is 2.69 bits per heavy atom. The number of hydrogen-bond donors (Lipinski definition) is 0. The largest absolute Gasteiger partial charge is 0.354 e. The summed E-state index contributed by atoms with van der Waals surface area (Å²) in [6.45, 7) is 7.32. The molecular formula is C20H25N7OS. The van der Waals surface area contributed by atoms with Crippen molar-refractivity contribution in [2.24, 2.45) is 5.92 Å². The quantitative estimate of drug-likeness (QED) is 0.646. The summed E-state index contributed by atoms with van der Waals surface area (Å²) < 4.78 is 1.42. The van der Waals surface area contributed by atoms with Gasteiger partial charge in [0.25, 0.3) is 5.56 Å². The van der Waals surface area contributed by atoms with Gasteiger partial charge >= 0.3 is 0 Å². The van der Waals surface area contributed by atoms with Crippen LogP contribution in [-0.4, -0.2) is 70.3 Å². The number of rotatable bonds is 4. The van der Waals surface area contributed by atoms with E-state index in [1.165, 1.54) is 28.3 Å². The van der Waals surface area contributed by atoms with Crippen molar-refractivity contribution in [3.05, 3.63) is 47.0 Å². The minimum absolute atomic E-state index is 0.114. The summed E-state index contributed by atoms with van der Waals surface area (Å²) in [5.41, 5.74) is -0.114. The molecule has 0 aliphatic carbocycles. The maximum absolute atomic E-state index is 12.0. The molecule has 2 saturated heterocycles. The summed E-state index contributed by atoms with van der Waals surface area (Å²) in [5.74, 6) is 1.71. The van der Waals surface area contributed by atoms with Gasteiger partial charge in [0.05, 0.1) is 0 Å². The van der Waals surface area contributed by atoms with Gasteiger partial charge in [-0.3, -0.25) is 9.69 Å². The van der Waals surface area contributed by atoms with E-state index in [4.69, 9.17) is 0 Å². The van der Waals surface area contributed by atoms with Crippen LogP contribution in [0.15, 0.2) is 41.5 Å². The van der Waals surface area contributed by atoms with E-state index in [0.29, 0.717) is 10.9 Å². The van der Waals surface area contributed by atoms with Gasteiger partial charge in [0.1, 0.15) is 5.82 Å². The first kappa shape index (κ1) is 18.5. The van der Waals surface area contributed by atoms with Crippen LogP contribution in [0.2, 0.25) is 0 Å². The zero-order chi connectivity index (χ0) is 19.6. The summed E-state index contributed by atoms with van der Waals surface area (Å²) in [6.07, 6.45) is 5.84. The number of hydrogen-bond acceptors (Lipinski definition) is 8. The van der Waals surface area contributed by atoms with Crippen LogP contribution in [0.25, 0.3) is 4.96 Å². The molecule has 0 amide bonds. The van der Waals surface area contributed by atoms with E-state index >= 15 is 0 Å². The Morgan fingerprint density at radius 2 is 1.90 bits per heavy atom. The standard InChI is InChI=1S/C20H25N7OS/c28-18-6-8-22-19-27(18)23-20(29-19)26-9-3-4-16(15-26)14-24-10-12-25(13-11-24)17-5-1-2-7-21-17/h1-2,5-8,16H,3-4,9-15H2. The Morgan fingerprint density at radius 1 is 1.00 bits per heavy atom. The molecule has 1 unspecified atom stereocenters. The number of nitrogens with zero attached hydrogens (tertiary/aromatic N) is 7. The highest BCUT2D eigenvalue weighted by Crippen LogP contribution is 2.27. The summed E-state index contributed by atoms with van der Waals surface area (Å²) in [7, 11) is 0. The van der Waals surface area contributed by atoms with Crippen molar-refractivity contribution in [2.75, 3.05) is 55.6 Å². The van der Waals surface area contributed by atoms with Gasteiger partial charge in [-0.15, -0.1) is 5.10 Å². The third kappa shape index (κ3) is 3.97. The third-order valence-electron chi connectivity index (χ3n) is 5.81. The van der Waals surface area contributed by atoms with Crippen molar-refractivity contribution < 1.29 is 0 Å². The predicted molar refractivity (Wildman–Crippen MR) is 115 cm³/mol. The predicted octanol–water partition coefficient (Wildman–Crippen LogP) is 1.58. The number of piperidine rings is 1. The first-order chi connectivity index (χ1) is 14.3. The molecule has 0 bridgehead atoms. The Hall–Kier alpha value is -2.52. The van der Waals surface area contributed by atoms with E-state index in [1.807, 2.05) is 12.3 Å². The molecule has 0 N–H and O–H groups in total. The van der Waals surface area contributed by atoms with E-state index in [1.54, 1.807) is 6.20 Å². The van der Waals surface area contributed by atoms with E-state index < -0.39 is 0 Å². The van der Waals surface area contributed by atoms with Gasteiger partial charge in [0.2, 0.25) is 10.1 Å². The summed E-state index contributed by atoms with van der Waals surface area (Å²) >= 11 is 1.50. The number of aromatic nitrogens is 4. The zero-order valence-electron chi connectivity index (χ0n) is 16.4. The Kier molecular flexibility index (Phi) is 5.15. The molecule has 9 heteroatoms. The zero-order valence-corrected chi connectivity index (χ0v) is 17.2. The smallest absolute Gasteiger partial charge is 0.275 e. The van der Waals surface area contributed by atoms with Crippen molar-refractivity contribution in [3.63, 3.8) is 0 Å². The van der Waals surface area contributed by atoms with Gasteiger partial charge in [-0.25, -0.2) is 9.97 Å². The normalized spacial score (nSPS) is 21.0. The van der Waals surface area contributed by atoms with Crippen LogP contribution in [0.4, 0.5) is 10.9 Å². The van der Waals surface area contributed by atoms with E-state index in [2.05, 4.69) is 41.9 Å². The van der Waals surface area contributed by atoms with Crippen LogP contribution in [0.1, 0.15) is 12.8 Å². The minimum Gasteiger partial charge on any atom is -0.354 e. The maximum atomic E-state index is 12.0. The molecular weight excluding hydrogens is 386 g/mol. The van der Waals surface area contributed by atoms with Crippen LogP contribution >= 0.6 is 11.3 Å². The molecule has 29 heavy (non-hydrogen) atoms. The van der Waals surface area contributed by atoms with Gasteiger partial charge in [0.15, 0.2) is 0 Å². The fraction of sp³-hybridized carbons (Fsp3) is 0.500. The van der Waals surface area contributed by atoms with Crippen molar-refractivity contribution in [1.82, 2.24) is 24.5 Å². The van der Waals surface area contributed by atoms with Gasteiger partial charge in [-0.05, 0) is 30.9 Å². The van der Waals surface area contributed by atoms with E-state index in [9.17, 15) is 4.79 Å². The van der Waals surface area contributed by atoms with Crippen LogP contribution in [-0.2, 0) is 0 Å². The lowest BCUT2D eigenvalue weighted by Gasteiger charge is -2.39. The summed E-state index contributed by atoms with van der Waals surface area (Å²) in [6, 6.07) is 7.57. The monoisotopic (exact) mass is 411 g/mol. The van der Waals surface area contributed by atoms with Crippen LogP contribution in [0.3, 0.4) is 0 Å². The number of piperazine rings is 1. The Balaban J connectivity index is 1.19. The van der Waals surface area contributed by atoms with E-state index in [-0.39, 0.29) is 5.56 Å². The van der Waals surface area contributed by atoms with Crippen molar-refractivity contribution in [1.29, 1.82) is 0 Å². The fourth-order valence-electron chi connectivity index (χ4n) is 4.31. The number of anilines is 2. The maximum Gasteiger partial charge on any atom is 0.275 e. The van der Waals surface area contributed by atoms with Gasteiger partial charge in [-0.1, -0.05) is 17.4 Å². The first-order valence-electron chi connectivity index (χ1n) is 10.2. The number of pyridine rings is 1. The Bertz CT molecular complexity index is 1010.